The summed E-state index contributed by atoms with van der Waals surface area (Å²) < 4.78 is 45.4. The fraction of sp³-hybridized carbons (Fsp3) is 0.125. The normalized spacial score (nSPS) is 12.2. The summed E-state index contributed by atoms with van der Waals surface area (Å²) >= 11 is 0. The number of ether oxygens (including phenoxy) is 1. The minimum atomic E-state index is -4.41. The Kier molecular flexibility index (Phi) is 5.77. The highest BCUT2D eigenvalue weighted by atomic mass is 19.4. The minimum Gasteiger partial charge on any atom is -0.462 e. The van der Waals surface area contributed by atoms with Crippen LogP contribution in [0.1, 0.15) is 23.7 Å². The smallest absolute Gasteiger partial charge is 0.416 e. The van der Waals surface area contributed by atoms with Gasteiger partial charge >= 0.3 is 12.1 Å². The fourth-order valence-corrected chi connectivity index (χ4v) is 3.30. The molecule has 4 rings (SSSR count). The molecule has 2 heterocycles. The lowest BCUT2D eigenvalue weighted by Crippen LogP contribution is -2.11. The summed E-state index contributed by atoms with van der Waals surface area (Å²) in [5.41, 5.74) is 2.29. The Morgan fingerprint density at radius 3 is 2.44 bits per heavy atom. The molecule has 4 aromatic rings. The number of fused-ring (bicyclic) bond motifs is 1. The van der Waals surface area contributed by atoms with Crippen LogP contribution in [0.2, 0.25) is 0 Å². The van der Waals surface area contributed by atoms with Crippen molar-refractivity contribution < 1.29 is 22.7 Å². The molecule has 2 aromatic heterocycles. The van der Waals surface area contributed by atoms with Gasteiger partial charge < -0.3 is 4.74 Å². The van der Waals surface area contributed by atoms with Gasteiger partial charge in [0, 0.05) is 11.8 Å². The van der Waals surface area contributed by atoms with Gasteiger partial charge in [0.2, 0.25) is 0 Å². The van der Waals surface area contributed by atoms with Crippen LogP contribution >= 0.6 is 0 Å². The summed E-state index contributed by atoms with van der Waals surface area (Å²) in [5, 5.41) is 4.35. The van der Waals surface area contributed by atoms with Crippen LogP contribution in [0.5, 0.6) is 0 Å². The van der Waals surface area contributed by atoms with E-state index in [4.69, 9.17) is 4.74 Å². The van der Waals surface area contributed by atoms with E-state index in [2.05, 4.69) is 10.1 Å². The summed E-state index contributed by atoms with van der Waals surface area (Å²) in [6, 6.07) is 15.7. The van der Waals surface area contributed by atoms with Crippen molar-refractivity contribution in [2.75, 3.05) is 6.61 Å². The number of aromatic nitrogens is 3. The van der Waals surface area contributed by atoms with Crippen LogP contribution in [0.25, 0.3) is 28.4 Å². The van der Waals surface area contributed by atoms with Gasteiger partial charge in [-0.3, -0.25) is 0 Å². The Bertz CT molecular complexity index is 1280. The van der Waals surface area contributed by atoms with Crippen LogP contribution in [0.4, 0.5) is 13.2 Å². The molecule has 0 spiro atoms. The van der Waals surface area contributed by atoms with Crippen molar-refractivity contribution >= 4 is 23.3 Å². The van der Waals surface area contributed by atoms with E-state index in [-0.39, 0.29) is 12.2 Å². The predicted molar refractivity (Wildman–Crippen MR) is 114 cm³/mol. The SMILES string of the molecule is CCOC(=O)/C(=C/c1ccccc1)c1ccnc2c(-c3ccc(C(F)(F)F)cc3)cnn12. The summed E-state index contributed by atoms with van der Waals surface area (Å²) in [5.74, 6) is -0.518. The molecule has 0 radical (unpaired) electrons. The second-order valence-electron chi connectivity index (χ2n) is 6.89. The number of alkyl halides is 3. The number of halogens is 3. The quantitative estimate of drug-likeness (QED) is 0.305. The van der Waals surface area contributed by atoms with Crippen LogP contribution in [0.15, 0.2) is 73.1 Å². The van der Waals surface area contributed by atoms with Gasteiger partial charge in [-0.05, 0) is 42.3 Å². The van der Waals surface area contributed by atoms with Gasteiger partial charge in [0.15, 0.2) is 5.65 Å². The third-order valence-electron chi connectivity index (χ3n) is 4.81. The maximum absolute atomic E-state index is 12.9. The fourth-order valence-electron chi connectivity index (χ4n) is 3.30. The maximum atomic E-state index is 12.9. The monoisotopic (exact) mass is 437 g/mol. The lowest BCUT2D eigenvalue weighted by molar-refractivity contribution is -0.138. The van der Waals surface area contributed by atoms with Crippen molar-refractivity contribution in [3.63, 3.8) is 0 Å². The first-order valence-electron chi connectivity index (χ1n) is 9.83. The number of benzene rings is 2. The Morgan fingerprint density at radius 2 is 1.78 bits per heavy atom. The zero-order valence-electron chi connectivity index (χ0n) is 17.0. The van der Waals surface area contributed by atoms with Crippen molar-refractivity contribution in [1.82, 2.24) is 14.6 Å². The summed E-state index contributed by atoms with van der Waals surface area (Å²) in [6.45, 7) is 1.92. The van der Waals surface area contributed by atoms with E-state index >= 15 is 0 Å². The van der Waals surface area contributed by atoms with E-state index in [9.17, 15) is 18.0 Å². The number of hydrogen-bond donors (Lipinski definition) is 0. The third-order valence-corrected chi connectivity index (χ3v) is 4.81. The van der Waals surface area contributed by atoms with Crippen molar-refractivity contribution in [3.8, 4) is 11.1 Å². The molecule has 8 heteroatoms. The lowest BCUT2D eigenvalue weighted by Gasteiger charge is -2.10. The van der Waals surface area contributed by atoms with Crippen LogP contribution in [-0.4, -0.2) is 27.2 Å². The molecule has 0 saturated heterocycles. The van der Waals surface area contributed by atoms with E-state index in [0.717, 1.165) is 17.7 Å². The molecular weight excluding hydrogens is 419 g/mol. The molecule has 0 bridgehead atoms. The Hall–Kier alpha value is -3.94. The second kappa shape index (κ2) is 8.66. The van der Waals surface area contributed by atoms with Gasteiger partial charge in [-0.1, -0.05) is 42.5 Å². The third kappa shape index (κ3) is 4.25. The molecule has 0 atom stereocenters. The van der Waals surface area contributed by atoms with Gasteiger partial charge in [0.25, 0.3) is 0 Å². The topological polar surface area (TPSA) is 56.5 Å². The highest BCUT2D eigenvalue weighted by Gasteiger charge is 2.30. The summed E-state index contributed by atoms with van der Waals surface area (Å²) in [4.78, 5) is 17.1. The average molecular weight is 437 g/mol. The van der Waals surface area contributed by atoms with Crippen LogP contribution in [0, 0.1) is 0 Å². The van der Waals surface area contributed by atoms with Crippen molar-refractivity contribution in [2.45, 2.75) is 13.1 Å². The molecule has 0 fully saturated rings. The maximum Gasteiger partial charge on any atom is 0.416 e. The molecule has 0 amide bonds. The van der Waals surface area contributed by atoms with Crippen LogP contribution in [0.3, 0.4) is 0 Å². The molecule has 0 unspecified atom stereocenters. The Balaban J connectivity index is 1.82. The molecule has 0 saturated carbocycles. The van der Waals surface area contributed by atoms with E-state index in [1.807, 2.05) is 30.3 Å². The molecule has 162 valence electrons. The summed E-state index contributed by atoms with van der Waals surface area (Å²) in [6.07, 6.45) is 0.325. The van der Waals surface area contributed by atoms with Gasteiger partial charge in [0.05, 0.1) is 29.6 Å². The van der Waals surface area contributed by atoms with Gasteiger partial charge in [-0.15, -0.1) is 0 Å². The molecule has 0 aliphatic heterocycles. The zero-order valence-corrected chi connectivity index (χ0v) is 17.0. The molecule has 0 N–H and O–H groups in total. The molecule has 2 aromatic carbocycles. The zero-order chi connectivity index (χ0) is 22.7. The number of rotatable bonds is 5. The first-order chi connectivity index (χ1) is 15.4. The average Bonchev–Trinajstić information content (AvgIpc) is 3.22. The van der Waals surface area contributed by atoms with Gasteiger partial charge in [0.1, 0.15) is 0 Å². The number of nitrogens with zero attached hydrogens (tertiary/aromatic N) is 3. The number of carbonyl (C=O) groups is 1. The highest BCUT2D eigenvalue weighted by molar-refractivity contribution is 6.21. The number of esters is 1. The Morgan fingerprint density at radius 1 is 1.06 bits per heavy atom. The van der Waals surface area contributed by atoms with Crippen molar-refractivity contribution in [1.29, 1.82) is 0 Å². The van der Waals surface area contributed by atoms with Crippen LogP contribution in [-0.2, 0) is 15.7 Å². The van der Waals surface area contributed by atoms with Gasteiger partial charge in [-0.2, -0.15) is 18.3 Å². The number of hydrogen-bond acceptors (Lipinski definition) is 4. The molecule has 32 heavy (non-hydrogen) atoms. The van der Waals surface area contributed by atoms with Crippen molar-refractivity contribution in [3.05, 3.63) is 89.9 Å². The van der Waals surface area contributed by atoms with Crippen molar-refractivity contribution in [2.24, 2.45) is 0 Å². The predicted octanol–water partition coefficient (Wildman–Crippen LogP) is 5.52. The number of carbonyl (C=O) groups excluding carboxylic acids is 1. The second-order valence-corrected chi connectivity index (χ2v) is 6.89. The first kappa shape index (κ1) is 21.3. The molecule has 5 nitrogen and oxygen atoms in total. The summed E-state index contributed by atoms with van der Waals surface area (Å²) in [7, 11) is 0. The first-order valence-corrected chi connectivity index (χ1v) is 9.83. The van der Waals surface area contributed by atoms with E-state index < -0.39 is 17.7 Å². The largest absolute Gasteiger partial charge is 0.462 e. The molecular formula is C24H18F3N3O2. The molecule has 0 aliphatic carbocycles. The van der Waals surface area contributed by atoms with E-state index in [0.29, 0.717) is 22.5 Å². The Labute approximate surface area is 181 Å². The molecule has 0 aliphatic rings. The van der Waals surface area contributed by atoms with E-state index in [1.165, 1.54) is 29.0 Å². The van der Waals surface area contributed by atoms with Crippen LogP contribution < -0.4 is 0 Å². The minimum absolute atomic E-state index is 0.203. The van der Waals surface area contributed by atoms with Gasteiger partial charge in [-0.25, -0.2) is 14.3 Å². The highest BCUT2D eigenvalue weighted by Crippen LogP contribution is 2.32. The van der Waals surface area contributed by atoms with E-state index in [1.54, 1.807) is 19.1 Å². The standard InChI is InChI=1S/C24H18F3N3O2/c1-2-32-23(31)19(14-16-6-4-3-5-7-16)21-12-13-28-22-20(15-29-30(21)22)17-8-10-18(11-9-17)24(25,26)27/h3-15H,2H2,1H3/b19-14+. The lowest BCUT2D eigenvalue weighted by atomic mass is 10.1.